The summed E-state index contributed by atoms with van der Waals surface area (Å²) in [6.45, 7) is 0.305. The maximum Gasteiger partial charge on any atom is 0.307 e. The van der Waals surface area contributed by atoms with Crippen molar-refractivity contribution in [2.75, 3.05) is 0 Å². The highest BCUT2D eigenvalue weighted by atomic mass is 19.1. The molecule has 0 saturated heterocycles. The van der Waals surface area contributed by atoms with Crippen molar-refractivity contribution in [3.63, 3.8) is 0 Å². The molecule has 2 saturated carbocycles. The van der Waals surface area contributed by atoms with E-state index in [4.69, 9.17) is 0 Å². The van der Waals surface area contributed by atoms with Gasteiger partial charge in [0.2, 0.25) is 5.91 Å². The van der Waals surface area contributed by atoms with Crippen LogP contribution in [0.15, 0.2) is 24.3 Å². The van der Waals surface area contributed by atoms with Crippen LogP contribution in [0, 0.1) is 29.5 Å². The van der Waals surface area contributed by atoms with Crippen molar-refractivity contribution >= 4 is 11.9 Å². The fourth-order valence-electron chi connectivity index (χ4n) is 3.93. The largest absolute Gasteiger partial charge is 0.481 e. The molecule has 2 N–H and O–H groups in total. The molecule has 0 aromatic heterocycles. The van der Waals surface area contributed by atoms with E-state index in [1.807, 2.05) is 0 Å². The number of halogens is 1. The van der Waals surface area contributed by atoms with Gasteiger partial charge < -0.3 is 10.4 Å². The van der Waals surface area contributed by atoms with E-state index in [0.717, 1.165) is 24.8 Å². The number of rotatable bonds is 4. The van der Waals surface area contributed by atoms with Gasteiger partial charge in [-0.3, -0.25) is 9.59 Å². The van der Waals surface area contributed by atoms with Gasteiger partial charge >= 0.3 is 5.97 Å². The summed E-state index contributed by atoms with van der Waals surface area (Å²) in [6, 6.07) is 5.92. The summed E-state index contributed by atoms with van der Waals surface area (Å²) in [4.78, 5) is 23.7. The van der Waals surface area contributed by atoms with Gasteiger partial charge in [0.1, 0.15) is 5.82 Å². The average Bonchev–Trinajstić information content (AvgIpc) is 3.06. The molecule has 0 heterocycles. The van der Waals surface area contributed by atoms with Crippen molar-refractivity contribution < 1.29 is 19.1 Å². The van der Waals surface area contributed by atoms with Crippen LogP contribution >= 0.6 is 0 Å². The molecule has 0 spiro atoms. The molecule has 4 atom stereocenters. The molecule has 4 nitrogen and oxygen atoms in total. The number of hydrogen-bond donors (Lipinski definition) is 2. The van der Waals surface area contributed by atoms with Crippen LogP contribution in [0.4, 0.5) is 4.39 Å². The summed E-state index contributed by atoms with van der Waals surface area (Å²) in [5.74, 6) is -1.97. The molecule has 2 aliphatic rings. The Morgan fingerprint density at radius 1 is 1.14 bits per heavy atom. The van der Waals surface area contributed by atoms with Crippen LogP contribution in [0.25, 0.3) is 0 Å². The smallest absolute Gasteiger partial charge is 0.307 e. The van der Waals surface area contributed by atoms with Gasteiger partial charge in [-0.2, -0.15) is 0 Å². The second kappa shape index (κ2) is 5.47. The molecule has 5 heteroatoms. The molecule has 2 fully saturated rings. The van der Waals surface area contributed by atoms with Crippen molar-refractivity contribution in [2.24, 2.45) is 23.7 Å². The molecule has 2 bridgehead atoms. The Balaban J connectivity index is 1.64. The summed E-state index contributed by atoms with van der Waals surface area (Å²) < 4.78 is 12.8. The van der Waals surface area contributed by atoms with Gasteiger partial charge in [-0.15, -0.1) is 0 Å². The molecule has 0 aliphatic heterocycles. The Bertz CT molecular complexity index is 557. The first kappa shape index (κ1) is 14.0. The first-order valence-corrected chi connectivity index (χ1v) is 7.31. The second-order valence-corrected chi connectivity index (χ2v) is 6.07. The van der Waals surface area contributed by atoms with E-state index < -0.39 is 17.8 Å². The molecule has 112 valence electrons. The zero-order chi connectivity index (χ0) is 15.0. The predicted molar refractivity (Wildman–Crippen MR) is 73.7 cm³/mol. The van der Waals surface area contributed by atoms with Crippen molar-refractivity contribution in [2.45, 2.75) is 25.8 Å². The maximum absolute atomic E-state index is 12.8. The van der Waals surface area contributed by atoms with Crippen molar-refractivity contribution in [3.8, 4) is 0 Å². The molecule has 2 aliphatic carbocycles. The lowest BCUT2D eigenvalue weighted by atomic mass is 9.78. The minimum absolute atomic E-state index is 0.147. The number of fused-ring (bicyclic) bond motifs is 2. The van der Waals surface area contributed by atoms with Crippen molar-refractivity contribution in [3.05, 3.63) is 35.6 Å². The summed E-state index contributed by atoms with van der Waals surface area (Å²) in [5, 5.41) is 12.2. The Labute approximate surface area is 122 Å². The van der Waals surface area contributed by atoms with Gasteiger partial charge in [-0.05, 0) is 48.8 Å². The number of nitrogens with one attached hydrogen (secondary N) is 1. The number of aliphatic carboxylic acids is 1. The summed E-state index contributed by atoms with van der Waals surface area (Å²) in [6.07, 6.45) is 2.72. The molecular weight excluding hydrogens is 273 g/mol. The number of carboxylic acid groups (broad SMARTS) is 1. The maximum atomic E-state index is 12.8. The number of hydrogen-bond acceptors (Lipinski definition) is 2. The average molecular weight is 291 g/mol. The van der Waals surface area contributed by atoms with Gasteiger partial charge in [0.15, 0.2) is 0 Å². The third kappa shape index (κ3) is 2.64. The molecule has 1 aromatic rings. The zero-order valence-electron chi connectivity index (χ0n) is 11.6. The Morgan fingerprint density at radius 3 is 2.38 bits per heavy atom. The fraction of sp³-hybridized carbons (Fsp3) is 0.500. The number of carbonyl (C=O) groups is 2. The molecular formula is C16H18FNO3. The first-order valence-electron chi connectivity index (χ1n) is 7.31. The lowest BCUT2D eigenvalue weighted by Crippen LogP contribution is -2.41. The van der Waals surface area contributed by atoms with Gasteiger partial charge in [-0.1, -0.05) is 12.1 Å². The Morgan fingerprint density at radius 2 is 1.76 bits per heavy atom. The summed E-state index contributed by atoms with van der Waals surface area (Å²) in [5.41, 5.74) is 0.805. The quantitative estimate of drug-likeness (QED) is 0.893. The third-order valence-corrected chi connectivity index (χ3v) is 4.88. The number of carbonyl (C=O) groups excluding carboxylic acids is 1. The fourth-order valence-corrected chi connectivity index (χ4v) is 3.93. The van der Waals surface area contributed by atoms with Gasteiger partial charge in [0.25, 0.3) is 0 Å². The van der Waals surface area contributed by atoms with E-state index >= 15 is 0 Å². The topological polar surface area (TPSA) is 66.4 Å². The van der Waals surface area contributed by atoms with Crippen LogP contribution < -0.4 is 5.32 Å². The summed E-state index contributed by atoms with van der Waals surface area (Å²) >= 11 is 0. The third-order valence-electron chi connectivity index (χ3n) is 4.88. The zero-order valence-corrected chi connectivity index (χ0v) is 11.6. The number of benzene rings is 1. The number of carboxylic acids is 1. The second-order valence-electron chi connectivity index (χ2n) is 6.07. The number of amides is 1. The SMILES string of the molecule is O=C(O)[C@H]1[C@H]2CC[C@H](C2)[C@@H]1C(=O)NCc1ccc(F)cc1. The van der Waals surface area contributed by atoms with Gasteiger partial charge in [0.05, 0.1) is 11.8 Å². The van der Waals surface area contributed by atoms with Crippen LogP contribution in [-0.2, 0) is 16.1 Å². The molecule has 3 rings (SSSR count). The highest BCUT2D eigenvalue weighted by Crippen LogP contribution is 2.52. The van der Waals surface area contributed by atoms with E-state index in [0.29, 0.717) is 6.54 Å². The van der Waals surface area contributed by atoms with Crippen LogP contribution in [-0.4, -0.2) is 17.0 Å². The van der Waals surface area contributed by atoms with Crippen LogP contribution in [0.1, 0.15) is 24.8 Å². The summed E-state index contributed by atoms with van der Waals surface area (Å²) in [7, 11) is 0. The Hall–Kier alpha value is -1.91. The lowest BCUT2D eigenvalue weighted by molar-refractivity contribution is -0.149. The lowest BCUT2D eigenvalue weighted by Gasteiger charge is -2.27. The van der Waals surface area contributed by atoms with Crippen LogP contribution in [0.5, 0.6) is 0 Å². The highest BCUT2D eigenvalue weighted by molar-refractivity contribution is 5.86. The highest BCUT2D eigenvalue weighted by Gasteiger charge is 2.53. The van der Waals surface area contributed by atoms with Crippen molar-refractivity contribution in [1.82, 2.24) is 5.32 Å². The van der Waals surface area contributed by atoms with Gasteiger partial charge in [0, 0.05) is 6.54 Å². The monoisotopic (exact) mass is 291 g/mol. The molecule has 0 unspecified atom stereocenters. The normalized spacial score (nSPS) is 30.3. The van der Waals surface area contributed by atoms with Crippen LogP contribution in [0.2, 0.25) is 0 Å². The minimum Gasteiger partial charge on any atom is -0.481 e. The van der Waals surface area contributed by atoms with Crippen molar-refractivity contribution in [1.29, 1.82) is 0 Å². The molecule has 1 amide bonds. The Kier molecular flexibility index (Phi) is 3.66. The van der Waals surface area contributed by atoms with Gasteiger partial charge in [-0.25, -0.2) is 4.39 Å². The van der Waals surface area contributed by atoms with E-state index in [1.54, 1.807) is 12.1 Å². The molecule has 21 heavy (non-hydrogen) atoms. The first-order chi connectivity index (χ1) is 10.1. The van der Waals surface area contributed by atoms with Crippen LogP contribution in [0.3, 0.4) is 0 Å². The molecule has 1 aromatic carbocycles. The predicted octanol–water partition coefficient (Wildman–Crippen LogP) is 2.19. The van der Waals surface area contributed by atoms with E-state index in [2.05, 4.69) is 5.32 Å². The molecule has 0 radical (unpaired) electrons. The van der Waals surface area contributed by atoms with E-state index in [-0.39, 0.29) is 23.6 Å². The minimum atomic E-state index is -0.857. The van der Waals surface area contributed by atoms with E-state index in [9.17, 15) is 19.1 Å². The van der Waals surface area contributed by atoms with E-state index in [1.165, 1.54) is 12.1 Å². The standard InChI is InChI=1S/C16H18FNO3/c17-12-5-1-9(2-6-12)8-18-15(19)13-10-3-4-11(7-10)14(13)16(20)21/h1-2,5-6,10-11,13-14H,3-4,7-8H2,(H,18,19)(H,20,21)/t10-,11+,13+,14+/m1/s1.